The van der Waals surface area contributed by atoms with Gasteiger partial charge in [0.25, 0.3) is 0 Å². The van der Waals surface area contributed by atoms with E-state index in [0.717, 1.165) is 77.0 Å². The molecule has 0 aliphatic carbocycles. The van der Waals surface area contributed by atoms with Crippen molar-refractivity contribution in [2.24, 2.45) is 0 Å². The maximum Gasteiger partial charge on any atom is 0.469 e. The minimum Gasteiger partial charge on any atom is -0.462 e. The average Bonchev–Trinajstić information content (AvgIpc) is 2.91. The molecule has 0 amide bonds. The van der Waals surface area contributed by atoms with Crippen molar-refractivity contribution in [3.05, 3.63) is 36.5 Å². The lowest BCUT2D eigenvalue weighted by molar-refractivity contribution is -0.161. The van der Waals surface area contributed by atoms with E-state index in [4.69, 9.17) is 19.3 Å². The first-order chi connectivity index (χ1) is 19.3. The van der Waals surface area contributed by atoms with E-state index < -0.39 is 32.5 Å². The first-order valence-electron chi connectivity index (χ1n) is 15.3. The van der Waals surface area contributed by atoms with Crippen molar-refractivity contribution in [2.75, 3.05) is 13.2 Å². The monoisotopic (exact) mass is 586 g/mol. The molecule has 0 rings (SSSR count). The van der Waals surface area contributed by atoms with E-state index in [0.29, 0.717) is 6.42 Å². The van der Waals surface area contributed by atoms with E-state index in [-0.39, 0.29) is 19.4 Å². The Bertz CT molecular complexity index is 756. The van der Waals surface area contributed by atoms with E-state index in [1.54, 1.807) is 0 Å². The highest BCUT2D eigenvalue weighted by atomic mass is 31.2. The number of hydrogen-bond donors (Lipinski definition) is 2. The van der Waals surface area contributed by atoms with Gasteiger partial charge in [-0.05, 0) is 44.9 Å². The van der Waals surface area contributed by atoms with Gasteiger partial charge in [0, 0.05) is 12.8 Å². The van der Waals surface area contributed by atoms with E-state index in [1.165, 1.54) is 19.3 Å². The molecule has 0 saturated heterocycles. The second-order valence-corrected chi connectivity index (χ2v) is 11.3. The summed E-state index contributed by atoms with van der Waals surface area (Å²) in [6, 6.07) is 0. The summed E-state index contributed by atoms with van der Waals surface area (Å²) < 4.78 is 26.0. The number of esters is 2. The van der Waals surface area contributed by atoms with Crippen molar-refractivity contribution < 1.29 is 37.9 Å². The first kappa shape index (κ1) is 38.3. The number of ether oxygens (including phenoxy) is 2. The number of phosphoric ester groups is 1. The third-order valence-corrected chi connectivity index (χ3v) is 6.66. The molecule has 0 spiro atoms. The Kier molecular flexibility index (Phi) is 26.3. The van der Waals surface area contributed by atoms with Crippen LogP contribution in [0.5, 0.6) is 0 Å². The Morgan fingerprint density at radius 2 is 1.20 bits per heavy atom. The van der Waals surface area contributed by atoms with E-state index in [2.05, 4.69) is 54.8 Å². The highest BCUT2D eigenvalue weighted by Gasteiger charge is 2.22. The maximum absolute atomic E-state index is 12.2. The fourth-order valence-corrected chi connectivity index (χ4v) is 4.27. The molecule has 0 aromatic carbocycles. The van der Waals surface area contributed by atoms with Crippen LogP contribution in [0, 0.1) is 0 Å². The number of allylic oxidation sites excluding steroid dienone is 6. The third kappa shape index (κ3) is 29.3. The molecule has 0 aromatic heterocycles. The number of carbonyl (C=O) groups excluding carboxylic acids is 2. The predicted molar refractivity (Wildman–Crippen MR) is 161 cm³/mol. The molecule has 0 aliphatic heterocycles. The topological polar surface area (TPSA) is 119 Å². The molecule has 0 aliphatic rings. The Balaban J connectivity index is 3.98. The Morgan fingerprint density at radius 3 is 1.80 bits per heavy atom. The van der Waals surface area contributed by atoms with E-state index in [1.807, 2.05) is 0 Å². The number of carbonyl (C=O) groups is 2. The summed E-state index contributed by atoms with van der Waals surface area (Å²) in [5.41, 5.74) is 0. The summed E-state index contributed by atoms with van der Waals surface area (Å²) >= 11 is 0. The molecule has 40 heavy (non-hydrogen) atoms. The highest BCUT2D eigenvalue weighted by Crippen LogP contribution is 2.35. The van der Waals surface area contributed by atoms with E-state index >= 15 is 0 Å². The highest BCUT2D eigenvalue weighted by molar-refractivity contribution is 7.46. The summed E-state index contributed by atoms with van der Waals surface area (Å²) in [7, 11) is -4.73. The third-order valence-electron chi connectivity index (χ3n) is 6.17. The van der Waals surface area contributed by atoms with Gasteiger partial charge in [-0.2, -0.15) is 0 Å². The smallest absolute Gasteiger partial charge is 0.462 e. The molecule has 8 nitrogen and oxygen atoms in total. The van der Waals surface area contributed by atoms with Gasteiger partial charge < -0.3 is 19.3 Å². The van der Waals surface area contributed by atoms with Gasteiger partial charge in [-0.15, -0.1) is 0 Å². The SMILES string of the molecule is CC/C=C\C/C=C\C/C=C\CCCCCCCCCC(=O)OC(COC(=O)CCCCCCC)COP(=O)(O)O. The molecule has 232 valence electrons. The molecular weight excluding hydrogens is 531 g/mol. The normalized spacial score (nSPS) is 13.0. The fraction of sp³-hybridized carbons (Fsp3) is 0.742. The number of unbranched alkanes of at least 4 members (excludes halogenated alkanes) is 11. The summed E-state index contributed by atoms with van der Waals surface area (Å²) in [4.78, 5) is 42.1. The quantitative estimate of drug-likeness (QED) is 0.0427. The minimum atomic E-state index is -4.73. The van der Waals surface area contributed by atoms with Crippen molar-refractivity contribution >= 4 is 19.8 Å². The lowest BCUT2D eigenvalue weighted by atomic mass is 10.1. The van der Waals surface area contributed by atoms with Gasteiger partial charge in [-0.25, -0.2) is 4.57 Å². The van der Waals surface area contributed by atoms with Crippen molar-refractivity contribution in [2.45, 2.75) is 136 Å². The van der Waals surface area contributed by atoms with Crippen LogP contribution in [0.15, 0.2) is 36.5 Å². The molecule has 0 saturated carbocycles. The zero-order valence-electron chi connectivity index (χ0n) is 25.0. The second-order valence-electron chi connectivity index (χ2n) is 10.1. The summed E-state index contributed by atoms with van der Waals surface area (Å²) in [6.07, 6.45) is 29.1. The standard InChI is InChI=1S/C31H55O8P/c1-3-5-7-9-10-11-12-13-14-15-16-17-18-19-20-22-24-26-31(33)39-29(28-38-40(34,35)36)27-37-30(32)25-23-21-8-6-4-2/h5,7,10-11,13-14,29H,3-4,6,8-9,12,15-28H2,1-2H3,(H2,34,35,36)/b7-5-,11-10-,14-13-. The molecule has 0 fully saturated rings. The van der Waals surface area contributed by atoms with Gasteiger partial charge in [0.15, 0.2) is 6.10 Å². The van der Waals surface area contributed by atoms with Crippen LogP contribution in [0.2, 0.25) is 0 Å². The van der Waals surface area contributed by atoms with Crippen LogP contribution in [0.1, 0.15) is 129 Å². The van der Waals surface area contributed by atoms with Crippen LogP contribution in [-0.4, -0.2) is 41.0 Å². The predicted octanol–water partition coefficient (Wildman–Crippen LogP) is 8.28. The Morgan fingerprint density at radius 1 is 0.675 bits per heavy atom. The zero-order valence-corrected chi connectivity index (χ0v) is 25.9. The lowest BCUT2D eigenvalue weighted by Crippen LogP contribution is -2.29. The van der Waals surface area contributed by atoms with Crippen LogP contribution in [0.3, 0.4) is 0 Å². The average molecular weight is 587 g/mol. The molecule has 0 radical (unpaired) electrons. The van der Waals surface area contributed by atoms with Gasteiger partial charge >= 0.3 is 19.8 Å². The van der Waals surface area contributed by atoms with E-state index in [9.17, 15) is 14.2 Å². The first-order valence-corrected chi connectivity index (χ1v) is 16.8. The summed E-state index contributed by atoms with van der Waals surface area (Å²) in [5.74, 6) is -0.915. The Labute approximate surface area is 242 Å². The molecule has 1 atom stereocenters. The maximum atomic E-state index is 12.2. The van der Waals surface area contributed by atoms with Gasteiger partial charge in [0.05, 0.1) is 6.61 Å². The van der Waals surface area contributed by atoms with Crippen LogP contribution in [0.25, 0.3) is 0 Å². The second kappa shape index (κ2) is 27.4. The molecule has 0 heterocycles. The molecule has 9 heteroatoms. The number of hydrogen-bond acceptors (Lipinski definition) is 6. The van der Waals surface area contributed by atoms with Crippen molar-refractivity contribution in [1.29, 1.82) is 0 Å². The number of phosphoric acid groups is 1. The van der Waals surface area contributed by atoms with Gasteiger partial charge in [0.1, 0.15) is 6.61 Å². The molecule has 0 aromatic rings. The van der Waals surface area contributed by atoms with Crippen LogP contribution < -0.4 is 0 Å². The number of rotatable bonds is 27. The Hall–Kier alpha value is -1.73. The molecular formula is C31H55O8P. The van der Waals surface area contributed by atoms with Gasteiger partial charge in [-0.1, -0.05) is 108 Å². The minimum absolute atomic E-state index is 0.200. The van der Waals surface area contributed by atoms with Crippen LogP contribution in [0.4, 0.5) is 0 Å². The van der Waals surface area contributed by atoms with Gasteiger partial charge in [-0.3, -0.25) is 14.1 Å². The fourth-order valence-electron chi connectivity index (χ4n) is 3.91. The van der Waals surface area contributed by atoms with Crippen LogP contribution >= 0.6 is 7.82 Å². The van der Waals surface area contributed by atoms with Gasteiger partial charge in [0.2, 0.25) is 0 Å². The summed E-state index contributed by atoms with van der Waals surface area (Å²) in [6.45, 7) is 3.43. The molecule has 0 bridgehead atoms. The molecule has 2 N–H and O–H groups in total. The van der Waals surface area contributed by atoms with Crippen LogP contribution in [-0.2, 0) is 28.2 Å². The largest absolute Gasteiger partial charge is 0.469 e. The zero-order chi connectivity index (χ0) is 29.7. The molecule has 1 unspecified atom stereocenters. The van der Waals surface area contributed by atoms with Crippen molar-refractivity contribution in [1.82, 2.24) is 0 Å². The lowest BCUT2D eigenvalue weighted by Gasteiger charge is -2.18. The van der Waals surface area contributed by atoms with Crippen molar-refractivity contribution in [3.8, 4) is 0 Å². The van der Waals surface area contributed by atoms with Crippen molar-refractivity contribution in [3.63, 3.8) is 0 Å². The summed E-state index contributed by atoms with van der Waals surface area (Å²) in [5, 5.41) is 0.